The third-order valence-corrected chi connectivity index (χ3v) is 5.59. The fourth-order valence-electron chi connectivity index (χ4n) is 2.86. The molecule has 0 saturated carbocycles. The van der Waals surface area contributed by atoms with E-state index in [4.69, 9.17) is 11.6 Å². The highest BCUT2D eigenvalue weighted by molar-refractivity contribution is 7.99. The number of anilines is 2. The Labute approximate surface area is 197 Å². The number of hydrogen-bond acceptors (Lipinski definition) is 7. The van der Waals surface area contributed by atoms with Crippen molar-refractivity contribution in [2.75, 3.05) is 16.4 Å². The van der Waals surface area contributed by atoms with Gasteiger partial charge in [0.25, 0.3) is 5.91 Å². The van der Waals surface area contributed by atoms with Crippen molar-refractivity contribution in [3.63, 3.8) is 0 Å². The number of aromatic nitrogens is 4. The van der Waals surface area contributed by atoms with Gasteiger partial charge in [0.05, 0.1) is 22.7 Å². The van der Waals surface area contributed by atoms with Crippen LogP contribution in [0.2, 0.25) is 5.02 Å². The minimum absolute atomic E-state index is 0.0194. The average Bonchev–Trinajstić information content (AvgIpc) is 3.29. The number of nitrogens with zero attached hydrogens (tertiary/aromatic N) is 4. The lowest BCUT2D eigenvalue weighted by atomic mass is 10.1. The summed E-state index contributed by atoms with van der Waals surface area (Å²) in [6, 6.07) is 19.8. The zero-order valence-corrected chi connectivity index (χ0v) is 18.5. The third-order valence-electron chi connectivity index (χ3n) is 4.42. The molecule has 33 heavy (non-hydrogen) atoms. The Bertz CT molecular complexity index is 1280. The molecule has 166 valence electrons. The molecule has 0 bridgehead atoms. The number of para-hydroxylation sites is 1. The number of hydrogen-bond donors (Lipinski definition) is 3. The smallest absolute Gasteiger partial charge is 0.257 e. The molecule has 9 nitrogen and oxygen atoms in total. The van der Waals surface area contributed by atoms with Gasteiger partial charge in [-0.1, -0.05) is 35.5 Å². The Kier molecular flexibility index (Phi) is 6.86. The minimum atomic E-state index is -0.364. The molecule has 0 fully saturated rings. The van der Waals surface area contributed by atoms with Crippen molar-refractivity contribution in [1.29, 1.82) is 0 Å². The molecule has 3 N–H and O–H groups in total. The van der Waals surface area contributed by atoms with Gasteiger partial charge in [-0.2, -0.15) is 4.68 Å². The Balaban J connectivity index is 1.41. The number of carbonyl (C=O) groups is 2. The normalized spacial score (nSPS) is 10.6. The van der Waals surface area contributed by atoms with E-state index in [1.165, 1.54) is 16.8 Å². The van der Waals surface area contributed by atoms with Gasteiger partial charge >= 0.3 is 0 Å². The summed E-state index contributed by atoms with van der Waals surface area (Å²) in [5.74, 6) is -0.547. The van der Waals surface area contributed by atoms with Gasteiger partial charge in [-0.15, -0.1) is 5.10 Å². The number of rotatable bonds is 7. The number of aromatic hydroxyl groups is 1. The van der Waals surface area contributed by atoms with E-state index in [0.29, 0.717) is 32.8 Å². The van der Waals surface area contributed by atoms with Crippen molar-refractivity contribution in [3.05, 3.63) is 83.4 Å². The summed E-state index contributed by atoms with van der Waals surface area (Å²) in [5, 5.41) is 27.5. The topological polar surface area (TPSA) is 122 Å². The molecule has 0 aliphatic heterocycles. The summed E-state index contributed by atoms with van der Waals surface area (Å²) in [5.41, 5.74) is 1.93. The second kappa shape index (κ2) is 10.2. The summed E-state index contributed by atoms with van der Waals surface area (Å²) >= 11 is 7.02. The van der Waals surface area contributed by atoms with Crippen molar-refractivity contribution >= 4 is 46.6 Å². The van der Waals surface area contributed by atoms with Crippen LogP contribution in [0.25, 0.3) is 5.69 Å². The molecular formula is C22H17ClN6O3S. The maximum atomic E-state index is 12.7. The minimum Gasteiger partial charge on any atom is -0.508 e. The van der Waals surface area contributed by atoms with Crippen LogP contribution in [0.4, 0.5) is 11.4 Å². The highest BCUT2D eigenvalue weighted by Gasteiger charge is 2.15. The van der Waals surface area contributed by atoms with Crippen LogP contribution < -0.4 is 10.6 Å². The summed E-state index contributed by atoms with van der Waals surface area (Å²) in [6.07, 6.45) is 0. The molecule has 0 aliphatic carbocycles. The maximum absolute atomic E-state index is 12.7. The summed E-state index contributed by atoms with van der Waals surface area (Å²) < 4.78 is 1.46. The number of carbonyl (C=O) groups excluding carboxylic acids is 2. The van der Waals surface area contributed by atoms with Gasteiger partial charge in [0.15, 0.2) is 0 Å². The van der Waals surface area contributed by atoms with E-state index in [2.05, 4.69) is 26.2 Å². The lowest BCUT2D eigenvalue weighted by Gasteiger charge is -2.11. The molecule has 11 heteroatoms. The first kappa shape index (κ1) is 22.3. The molecule has 4 aromatic rings. The summed E-state index contributed by atoms with van der Waals surface area (Å²) in [4.78, 5) is 25.3. The average molecular weight is 481 g/mol. The highest BCUT2D eigenvalue weighted by atomic mass is 35.5. The summed E-state index contributed by atoms with van der Waals surface area (Å²) in [7, 11) is 0. The van der Waals surface area contributed by atoms with Gasteiger partial charge in [-0.3, -0.25) is 9.59 Å². The number of nitrogens with one attached hydrogen (secondary N) is 2. The van der Waals surface area contributed by atoms with Crippen molar-refractivity contribution in [2.24, 2.45) is 0 Å². The first-order valence-corrected chi connectivity index (χ1v) is 11.0. The van der Waals surface area contributed by atoms with E-state index < -0.39 is 0 Å². The Morgan fingerprint density at radius 2 is 1.70 bits per heavy atom. The van der Waals surface area contributed by atoms with Gasteiger partial charge in [0.1, 0.15) is 5.75 Å². The predicted molar refractivity (Wildman–Crippen MR) is 126 cm³/mol. The Morgan fingerprint density at radius 1 is 0.970 bits per heavy atom. The number of thioether (sulfide) groups is 1. The van der Waals surface area contributed by atoms with E-state index in [1.807, 2.05) is 0 Å². The van der Waals surface area contributed by atoms with Crippen molar-refractivity contribution in [3.8, 4) is 11.4 Å². The number of phenols is 1. The monoisotopic (exact) mass is 480 g/mol. The first-order valence-electron chi connectivity index (χ1n) is 9.66. The predicted octanol–water partition coefficient (Wildman–Crippen LogP) is 4.00. The fraction of sp³-hybridized carbons (Fsp3) is 0.0455. The van der Waals surface area contributed by atoms with E-state index in [-0.39, 0.29) is 23.3 Å². The molecule has 0 aliphatic rings. The number of tetrazole rings is 1. The zero-order chi connectivity index (χ0) is 23.2. The van der Waals surface area contributed by atoms with Crippen molar-refractivity contribution in [2.45, 2.75) is 5.16 Å². The zero-order valence-electron chi connectivity index (χ0n) is 17.0. The van der Waals surface area contributed by atoms with Crippen molar-refractivity contribution in [1.82, 2.24) is 20.2 Å². The van der Waals surface area contributed by atoms with Crippen LogP contribution in [0.15, 0.2) is 78.0 Å². The van der Waals surface area contributed by atoms with E-state index in [9.17, 15) is 14.7 Å². The first-order chi connectivity index (χ1) is 16.0. The molecule has 3 aromatic carbocycles. The Morgan fingerprint density at radius 3 is 2.45 bits per heavy atom. The van der Waals surface area contributed by atoms with E-state index in [1.54, 1.807) is 60.7 Å². The van der Waals surface area contributed by atoms with Gasteiger partial charge in [-0.25, -0.2) is 0 Å². The number of amides is 2. The molecule has 4 rings (SSSR count). The number of halogens is 1. The van der Waals surface area contributed by atoms with Gasteiger partial charge in [-0.05, 0) is 71.1 Å². The lowest BCUT2D eigenvalue weighted by molar-refractivity contribution is -0.113. The van der Waals surface area contributed by atoms with Crippen LogP contribution >= 0.6 is 23.4 Å². The second-order valence-electron chi connectivity index (χ2n) is 6.73. The summed E-state index contributed by atoms with van der Waals surface area (Å²) in [6.45, 7) is 0. The molecule has 0 saturated heterocycles. The Hall–Kier alpha value is -3.89. The van der Waals surface area contributed by atoms with Crippen LogP contribution in [0.3, 0.4) is 0 Å². The molecular weight excluding hydrogens is 464 g/mol. The second-order valence-corrected chi connectivity index (χ2v) is 8.11. The van der Waals surface area contributed by atoms with Crippen LogP contribution in [-0.2, 0) is 4.79 Å². The fourth-order valence-corrected chi connectivity index (χ4v) is 3.68. The maximum Gasteiger partial charge on any atom is 0.257 e. The molecule has 1 aromatic heterocycles. The van der Waals surface area contributed by atoms with E-state index >= 15 is 0 Å². The highest BCUT2D eigenvalue weighted by Crippen LogP contribution is 2.22. The van der Waals surface area contributed by atoms with Gasteiger partial charge in [0.2, 0.25) is 11.1 Å². The molecule has 2 amide bonds. The van der Waals surface area contributed by atoms with Crippen LogP contribution in [0, 0.1) is 0 Å². The lowest BCUT2D eigenvalue weighted by Crippen LogP contribution is -2.19. The molecule has 0 atom stereocenters. The third kappa shape index (κ3) is 5.68. The van der Waals surface area contributed by atoms with E-state index in [0.717, 1.165) is 11.8 Å². The molecule has 0 spiro atoms. The van der Waals surface area contributed by atoms with Crippen LogP contribution in [-0.4, -0.2) is 42.9 Å². The van der Waals surface area contributed by atoms with Crippen molar-refractivity contribution < 1.29 is 14.7 Å². The SMILES string of the molecule is O=C(CSc1nnnn1-c1ccc(O)cc1)Nc1ccccc1C(=O)Nc1ccc(Cl)cc1. The quantitative estimate of drug-likeness (QED) is 0.341. The molecule has 0 unspecified atom stereocenters. The molecule has 1 heterocycles. The standard InChI is InChI=1S/C22H17ClN6O3S/c23-14-5-7-15(8-6-14)24-21(32)18-3-1-2-4-19(18)25-20(31)13-33-22-26-27-28-29(22)16-9-11-17(30)12-10-16/h1-12,30H,13H2,(H,24,32)(H,25,31). The van der Waals surface area contributed by atoms with Crippen LogP contribution in [0.5, 0.6) is 5.75 Å². The van der Waals surface area contributed by atoms with Crippen LogP contribution in [0.1, 0.15) is 10.4 Å². The number of benzene rings is 3. The molecule has 0 radical (unpaired) electrons. The van der Waals surface area contributed by atoms with Gasteiger partial charge in [0, 0.05) is 10.7 Å². The largest absolute Gasteiger partial charge is 0.508 e. The number of phenolic OH excluding ortho intramolecular Hbond substituents is 1. The van der Waals surface area contributed by atoms with Gasteiger partial charge < -0.3 is 15.7 Å².